The number of amides is 1. The Morgan fingerprint density at radius 1 is 1.04 bits per heavy atom. The number of ether oxygens (including phenoxy) is 2. The Labute approximate surface area is 159 Å². The number of piperidine rings is 1. The summed E-state index contributed by atoms with van der Waals surface area (Å²) in [5, 5.41) is 2.93. The molecule has 0 bridgehead atoms. The Kier molecular flexibility index (Phi) is 5.42. The maximum Gasteiger partial charge on any atom is 0.224 e. The average molecular weight is 367 g/mol. The van der Waals surface area contributed by atoms with Crippen LogP contribution in [-0.2, 0) is 11.2 Å². The molecule has 6 nitrogen and oxygen atoms in total. The van der Waals surface area contributed by atoms with Crippen LogP contribution >= 0.6 is 0 Å². The summed E-state index contributed by atoms with van der Waals surface area (Å²) in [6.45, 7) is 3.28. The number of nitrogens with one attached hydrogen (secondary N) is 1. The Hall–Kier alpha value is -2.76. The molecule has 1 aromatic heterocycles. The number of pyridine rings is 1. The van der Waals surface area contributed by atoms with Crippen molar-refractivity contribution in [1.82, 2.24) is 4.98 Å². The summed E-state index contributed by atoms with van der Waals surface area (Å²) in [7, 11) is 0. The normalized spacial score (nSPS) is 16.1. The van der Waals surface area contributed by atoms with E-state index in [-0.39, 0.29) is 5.91 Å². The Morgan fingerprint density at radius 3 is 2.63 bits per heavy atom. The lowest BCUT2D eigenvalue weighted by Gasteiger charge is -2.27. The van der Waals surface area contributed by atoms with Gasteiger partial charge in [0.25, 0.3) is 0 Å². The SMILES string of the molecule is O=C(CCc1ccc2c(c1)OCCO2)Nc1ccc(N2CCCCC2)nc1. The van der Waals surface area contributed by atoms with Gasteiger partial charge in [-0.2, -0.15) is 0 Å². The summed E-state index contributed by atoms with van der Waals surface area (Å²) in [5.74, 6) is 2.51. The smallest absolute Gasteiger partial charge is 0.224 e. The van der Waals surface area contributed by atoms with E-state index in [2.05, 4.69) is 15.2 Å². The van der Waals surface area contributed by atoms with Crippen LogP contribution in [0.3, 0.4) is 0 Å². The van der Waals surface area contributed by atoms with Crippen LogP contribution in [0.2, 0.25) is 0 Å². The largest absolute Gasteiger partial charge is 0.486 e. The summed E-state index contributed by atoms with van der Waals surface area (Å²) in [5.41, 5.74) is 1.80. The van der Waals surface area contributed by atoms with Crippen LogP contribution in [0.5, 0.6) is 11.5 Å². The van der Waals surface area contributed by atoms with E-state index in [1.807, 2.05) is 30.3 Å². The lowest BCUT2D eigenvalue weighted by atomic mass is 10.1. The van der Waals surface area contributed by atoms with Crippen molar-refractivity contribution in [3.05, 3.63) is 42.1 Å². The maximum atomic E-state index is 12.3. The molecule has 0 radical (unpaired) electrons. The van der Waals surface area contributed by atoms with Crippen molar-refractivity contribution in [2.75, 3.05) is 36.5 Å². The van der Waals surface area contributed by atoms with Gasteiger partial charge >= 0.3 is 0 Å². The minimum absolute atomic E-state index is 0.0163. The van der Waals surface area contributed by atoms with Crippen LogP contribution in [0.1, 0.15) is 31.2 Å². The Balaban J connectivity index is 1.29. The van der Waals surface area contributed by atoms with E-state index in [1.54, 1.807) is 6.20 Å². The number of hydrogen-bond donors (Lipinski definition) is 1. The van der Waals surface area contributed by atoms with Crippen LogP contribution in [0.15, 0.2) is 36.5 Å². The molecular weight excluding hydrogens is 342 g/mol. The van der Waals surface area contributed by atoms with Crippen molar-refractivity contribution in [2.45, 2.75) is 32.1 Å². The fraction of sp³-hybridized carbons (Fsp3) is 0.429. The minimum Gasteiger partial charge on any atom is -0.486 e. The average Bonchev–Trinajstić information content (AvgIpc) is 2.73. The number of carbonyl (C=O) groups is 1. The summed E-state index contributed by atoms with van der Waals surface area (Å²) in [6, 6.07) is 9.76. The van der Waals surface area contributed by atoms with Gasteiger partial charge in [-0.15, -0.1) is 0 Å². The predicted molar refractivity (Wildman–Crippen MR) is 105 cm³/mol. The zero-order valence-electron chi connectivity index (χ0n) is 15.4. The van der Waals surface area contributed by atoms with E-state index in [9.17, 15) is 4.79 Å². The zero-order valence-corrected chi connectivity index (χ0v) is 15.4. The number of fused-ring (bicyclic) bond motifs is 1. The third-order valence-electron chi connectivity index (χ3n) is 4.96. The van der Waals surface area contributed by atoms with Crippen LogP contribution < -0.4 is 19.7 Å². The molecule has 2 aromatic rings. The van der Waals surface area contributed by atoms with E-state index >= 15 is 0 Å². The summed E-state index contributed by atoms with van der Waals surface area (Å²) < 4.78 is 11.1. The van der Waals surface area contributed by atoms with Gasteiger partial charge in [-0.1, -0.05) is 6.07 Å². The topological polar surface area (TPSA) is 63.7 Å². The molecule has 3 heterocycles. The molecule has 27 heavy (non-hydrogen) atoms. The molecule has 0 atom stereocenters. The molecule has 2 aliphatic rings. The Morgan fingerprint density at radius 2 is 1.85 bits per heavy atom. The second kappa shape index (κ2) is 8.29. The number of hydrogen-bond acceptors (Lipinski definition) is 5. The molecule has 1 fully saturated rings. The highest BCUT2D eigenvalue weighted by Crippen LogP contribution is 2.31. The van der Waals surface area contributed by atoms with Crippen LogP contribution in [0.4, 0.5) is 11.5 Å². The minimum atomic E-state index is -0.0163. The van der Waals surface area contributed by atoms with Gasteiger partial charge in [0, 0.05) is 19.5 Å². The number of aryl methyl sites for hydroxylation is 1. The molecule has 4 rings (SSSR count). The molecule has 142 valence electrons. The highest BCUT2D eigenvalue weighted by molar-refractivity contribution is 5.90. The molecule has 0 unspecified atom stereocenters. The van der Waals surface area contributed by atoms with Gasteiger partial charge in [-0.05, 0) is 55.5 Å². The van der Waals surface area contributed by atoms with Crippen molar-refractivity contribution in [2.24, 2.45) is 0 Å². The lowest BCUT2D eigenvalue weighted by Crippen LogP contribution is -2.30. The fourth-order valence-electron chi connectivity index (χ4n) is 3.49. The molecule has 0 aliphatic carbocycles. The van der Waals surface area contributed by atoms with Gasteiger partial charge < -0.3 is 19.7 Å². The quantitative estimate of drug-likeness (QED) is 0.877. The number of anilines is 2. The number of carbonyl (C=O) groups excluding carboxylic acids is 1. The molecule has 0 saturated carbocycles. The van der Waals surface area contributed by atoms with Crippen molar-refractivity contribution >= 4 is 17.4 Å². The van der Waals surface area contributed by atoms with Crippen molar-refractivity contribution in [3.8, 4) is 11.5 Å². The van der Waals surface area contributed by atoms with Gasteiger partial charge in [0.1, 0.15) is 19.0 Å². The first-order valence-electron chi connectivity index (χ1n) is 9.67. The molecule has 1 aromatic carbocycles. The maximum absolute atomic E-state index is 12.3. The van der Waals surface area contributed by atoms with E-state index in [4.69, 9.17) is 9.47 Å². The second-order valence-electron chi connectivity index (χ2n) is 6.98. The van der Waals surface area contributed by atoms with E-state index in [0.29, 0.717) is 26.1 Å². The molecule has 0 spiro atoms. The molecule has 1 N–H and O–H groups in total. The molecule has 6 heteroatoms. The number of rotatable bonds is 5. The lowest BCUT2D eigenvalue weighted by molar-refractivity contribution is -0.116. The summed E-state index contributed by atoms with van der Waals surface area (Å²) >= 11 is 0. The summed E-state index contributed by atoms with van der Waals surface area (Å²) in [4.78, 5) is 19.1. The zero-order chi connectivity index (χ0) is 18.5. The van der Waals surface area contributed by atoms with E-state index in [0.717, 1.165) is 41.7 Å². The van der Waals surface area contributed by atoms with Crippen molar-refractivity contribution in [3.63, 3.8) is 0 Å². The first-order chi connectivity index (χ1) is 13.3. The highest BCUT2D eigenvalue weighted by atomic mass is 16.6. The van der Waals surface area contributed by atoms with E-state index in [1.165, 1.54) is 19.3 Å². The van der Waals surface area contributed by atoms with E-state index < -0.39 is 0 Å². The third kappa shape index (κ3) is 4.51. The van der Waals surface area contributed by atoms with Gasteiger partial charge in [0.15, 0.2) is 11.5 Å². The standard InChI is InChI=1S/C21H25N3O3/c25-21(9-5-16-4-7-18-19(14-16)27-13-12-26-18)23-17-6-8-20(22-15-17)24-10-2-1-3-11-24/h4,6-8,14-15H,1-3,5,9-13H2,(H,23,25). The molecule has 1 amide bonds. The van der Waals surface area contributed by atoms with Crippen LogP contribution in [-0.4, -0.2) is 37.2 Å². The van der Waals surface area contributed by atoms with Gasteiger partial charge in [-0.25, -0.2) is 4.98 Å². The molecule has 1 saturated heterocycles. The molecular formula is C21H25N3O3. The van der Waals surface area contributed by atoms with Crippen LogP contribution in [0.25, 0.3) is 0 Å². The number of benzene rings is 1. The van der Waals surface area contributed by atoms with Gasteiger partial charge in [0.05, 0.1) is 11.9 Å². The highest BCUT2D eigenvalue weighted by Gasteiger charge is 2.13. The first-order valence-corrected chi connectivity index (χ1v) is 9.67. The van der Waals surface area contributed by atoms with Gasteiger partial charge in [-0.3, -0.25) is 4.79 Å². The summed E-state index contributed by atoms with van der Waals surface area (Å²) in [6.07, 6.45) is 6.55. The van der Waals surface area contributed by atoms with Gasteiger partial charge in [0.2, 0.25) is 5.91 Å². The third-order valence-corrected chi connectivity index (χ3v) is 4.96. The Bertz CT molecular complexity index is 786. The van der Waals surface area contributed by atoms with Crippen molar-refractivity contribution in [1.29, 1.82) is 0 Å². The van der Waals surface area contributed by atoms with Crippen LogP contribution in [0, 0.1) is 0 Å². The second-order valence-corrected chi connectivity index (χ2v) is 6.98. The first kappa shape index (κ1) is 17.6. The molecule has 2 aliphatic heterocycles. The van der Waals surface area contributed by atoms with Crippen molar-refractivity contribution < 1.29 is 14.3 Å². The number of aromatic nitrogens is 1. The predicted octanol–water partition coefficient (Wildman–Crippen LogP) is 3.41. The fourth-order valence-corrected chi connectivity index (χ4v) is 3.49. The number of nitrogens with zero attached hydrogens (tertiary/aromatic N) is 2. The monoisotopic (exact) mass is 367 g/mol.